The molecule has 1 N–H and O–H groups in total. The highest BCUT2D eigenvalue weighted by atomic mass is 15.2. The maximum absolute atomic E-state index is 8.33. The SMILES string of the molecule is CC(CNC#N)N1CCCCC1. The molecule has 68 valence electrons. The van der Waals surface area contributed by atoms with E-state index in [-0.39, 0.29) is 0 Å². The molecule has 0 saturated carbocycles. The lowest BCUT2D eigenvalue weighted by Gasteiger charge is -2.31. The van der Waals surface area contributed by atoms with Crippen LogP contribution in [0.15, 0.2) is 0 Å². The Bertz CT molecular complexity index is 156. The van der Waals surface area contributed by atoms with Crippen molar-refractivity contribution >= 4 is 0 Å². The van der Waals surface area contributed by atoms with Gasteiger partial charge in [0.05, 0.1) is 0 Å². The van der Waals surface area contributed by atoms with Gasteiger partial charge in [0.25, 0.3) is 0 Å². The summed E-state index contributed by atoms with van der Waals surface area (Å²) >= 11 is 0. The minimum Gasteiger partial charge on any atom is -0.322 e. The molecule has 1 aliphatic heterocycles. The highest BCUT2D eigenvalue weighted by Gasteiger charge is 2.15. The van der Waals surface area contributed by atoms with Crippen LogP contribution in [0.4, 0.5) is 0 Å². The van der Waals surface area contributed by atoms with Crippen molar-refractivity contribution in [1.82, 2.24) is 10.2 Å². The van der Waals surface area contributed by atoms with Gasteiger partial charge in [-0.1, -0.05) is 6.42 Å². The van der Waals surface area contributed by atoms with Crippen molar-refractivity contribution in [2.75, 3.05) is 19.6 Å². The lowest BCUT2D eigenvalue weighted by molar-refractivity contribution is 0.174. The molecule has 1 fully saturated rings. The Morgan fingerprint density at radius 1 is 1.42 bits per heavy atom. The van der Waals surface area contributed by atoms with Crippen molar-refractivity contribution in [3.63, 3.8) is 0 Å². The molecule has 1 atom stereocenters. The fourth-order valence-electron chi connectivity index (χ4n) is 1.68. The van der Waals surface area contributed by atoms with Crippen LogP contribution in [0.25, 0.3) is 0 Å². The van der Waals surface area contributed by atoms with Gasteiger partial charge in [0.1, 0.15) is 0 Å². The van der Waals surface area contributed by atoms with E-state index in [9.17, 15) is 0 Å². The minimum absolute atomic E-state index is 0.505. The third-order valence-electron chi connectivity index (χ3n) is 2.49. The average Bonchev–Trinajstić information content (AvgIpc) is 2.15. The number of piperidine rings is 1. The molecule has 12 heavy (non-hydrogen) atoms. The lowest BCUT2D eigenvalue weighted by Crippen LogP contribution is -2.42. The van der Waals surface area contributed by atoms with Gasteiger partial charge in [-0.15, -0.1) is 0 Å². The highest BCUT2D eigenvalue weighted by molar-refractivity contribution is 4.76. The lowest BCUT2D eigenvalue weighted by atomic mass is 10.1. The number of nitrogens with one attached hydrogen (secondary N) is 1. The molecular formula is C9H17N3. The van der Waals surface area contributed by atoms with E-state index in [1.807, 2.05) is 6.19 Å². The zero-order chi connectivity index (χ0) is 8.81. The second kappa shape index (κ2) is 5.00. The Hall–Kier alpha value is -0.750. The van der Waals surface area contributed by atoms with Crippen molar-refractivity contribution < 1.29 is 0 Å². The summed E-state index contributed by atoms with van der Waals surface area (Å²) in [6.07, 6.45) is 5.96. The molecule has 1 saturated heterocycles. The van der Waals surface area contributed by atoms with Gasteiger partial charge in [-0.2, -0.15) is 5.26 Å². The number of nitrogens with zero attached hydrogens (tertiary/aromatic N) is 2. The summed E-state index contributed by atoms with van der Waals surface area (Å²) < 4.78 is 0. The van der Waals surface area contributed by atoms with Crippen LogP contribution in [0.2, 0.25) is 0 Å². The van der Waals surface area contributed by atoms with Gasteiger partial charge in [-0.05, 0) is 32.9 Å². The first-order valence-corrected chi connectivity index (χ1v) is 4.70. The monoisotopic (exact) mass is 167 g/mol. The van der Waals surface area contributed by atoms with Crippen LogP contribution in [0.1, 0.15) is 26.2 Å². The maximum Gasteiger partial charge on any atom is 0.176 e. The van der Waals surface area contributed by atoms with Crippen LogP contribution in [0.3, 0.4) is 0 Å². The zero-order valence-electron chi connectivity index (χ0n) is 7.71. The van der Waals surface area contributed by atoms with E-state index >= 15 is 0 Å². The molecule has 0 aromatic rings. The van der Waals surface area contributed by atoms with Crippen LogP contribution >= 0.6 is 0 Å². The number of rotatable bonds is 3. The Kier molecular flexibility index (Phi) is 3.89. The molecular weight excluding hydrogens is 150 g/mol. The Balaban J connectivity index is 2.21. The topological polar surface area (TPSA) is 39.1 Å². The summed E-state index contributed by atoms with van der Waals surface area (Å²) in [6.45, 7) is 5.37. The predicted molar refractivity (Wildman–Crippen MR) is 48.5 cm³/mol. The van der Waals surface area contributed by atoms with Gasteiger partial charge in [0, 0.05) is 12.6 Å². The van der Waals surface area contributed by atoms with Crippen LogP contribution < -0.4 is 5.32 Å². The largest absolute Gasteiger partial charge is 0.322 e. The molecule has 0 aromatic heterocycles. The van der Waals surface area contributed by atoms with Crippen molar-refractivity contribution in [1.29, 1.82) is 5.26 Å². The third kappa shape index (κ3) is 2.71. The summed E-state index contributed by atoms with van der Waals surface area (Å²) in [5.74, 6) is 0. The Morgan fingerprint density at radius 3 is 2.67 bits per heavy atom. The second-order valence-electron chi connectivity index (χ2n) is 3.44. The van der Waals surface area contributed by atoms with Crippen molar-refractivity contribution in [2.45, 2.75) is 32.2 Å². The molecule has 1 heterocycles. The van der Waals surface area contributed by atoms with E-state index in [0.717, 1.165) is 6.54 Å². The van der Waals surface area contributed by atoms with Gasteiger partial charge in [0.15, 0.2) is 6.19 Å². The average molecular weight is 167 g/mol. The van der Waals surface area contributed by atoms with Crippen LogP contribution in [0.5, 0.6) is 0 Å². The van der Waals surface area contributed by atoms with Crippen LogP contribution in [0, 0.1) is 11.5 Å². The molecule has 0 spiro atoms. The minimum atomic E-state index is 0.505. The van der Waals surface area contributed by atoms with Gasteiger partial charge >= 0.3 is 0 Å². The fourth-order valence-corrected chi connectivity index (χ4v) is 1.68. The standard InChI is InChI=1S/C9H17N3/c1-9(7-11-8-10)12-5-3-2-4-6-12/h9,11H,2-7H2,1H3. The van der Waals surface area contributed by atoms with Gasteiger partial charge < -0.3 is 5.32 Å². The van der Waals surface area contributed by atoms with Gasteiger partial charge in [-0.25, -0.2) is 0 Å². The molecule has 0 amide bonds. The van der Waals surface area contributed by atoms with Crippen LogP contribution in [-0.4, -0.2) is 30.6 Å². The van der Waals surface area contributed by atoms with E-state index in [0.29, 0.717) is 6.04 Å². The first-order valence-electron chi connectivity index (χ1n) is 4.70. The summed E-state index contributed by atoms with van der Waals surface area (Å²) in [7, 11) is 0. The summed E-state index contributed by atoms with van der Waals surface area (Å²) in [6, 6.07) is 0.505. The summed E-state index contributed by atoms with van der Waals surface area (Å²) in [5.41, 5.74) is 0. The molecule has 1 rings (SSSR count). The van der Waals surface area contributed by atoms with E-state index < -0.39 is 0 Å². The fraction of sp³-hybridized carbons (Fsp3) is 0.889. The van der Waals surface area contributed by atoms with Gasteiger partial charge in [0.2, 0.25) is 0 Å². The summed E-state index contributed by atoms with van der Waals surface area (Å²) in [5, 5.41) is 11.0. The molecule has 0 bridgehead atoms. The first kappa shape index (κ1) is 9.34. The van der Waals surface area contributed by atoms with E-state index in [1.165, 1.54) is 32.4 Å². The molecule has 3 nitrogen and oxygen atoms in total. The van der Waals surface area contributed by atoms with E-state index in [1.54, 1.807) is 0 Å². The molecule has 0 aromatic carbocycles. The first-order chi connectivity index (χ1) is 5.84. The van der Waals surface area contributed by atoms with Crippen LogP contribution in [-0.2, 0) is 0 Å². The molecule has 0 aliphatic carbocycles. The normalized spacial score (nSPS) is 21.3. The Morgan fingerprint density at radius 2 is 2.08 bits per heavy atom. The molecule has 1 aliphatic rings. The molecule has 0 radical (unpaired) electrons. The van der Waals surface area contributed by atoms with E-state index in [2.05, 4.69) is 17.1 Å². The Labute approximate surface area is 74.4 Å². The maximum atomic E-state index is 8.33. The van der Waals surface area contributed by atoms with Gasteiger partial charge in [-0.3, -0.25) is 4.90 Å². The molecule has 1 unspecified atom stereocenters. The number of likely N-dealkylation sites (tertiary alicyclic amines) is 1. The number of nitriles is 1. The number of hydrogen-bond donors (Lipinski definition) is 1. The smallest absolute Gasteiger partial charge is 0.176 e. The number of hydrogen-bond acceptors (Lipinski definition) is 3. The van der Waals surface area contributed by atoms with Crippen molar-refractivity contribution in [3.05, 3.63) is 0 Å². The quantitative estimate of drug-likeness (QED) is 0.502. The molecule has 3 heteroatoms. The predicted octanol–water partition coefficient (Wildman–Crippen LogP) is 0.931. The van der Waals surface area contributed by atoms with Crippen molar-refractivity contribution in [2.24, 2.45) is 0 Å². The summed E-state index contributed by atoms with van der Waals surface area (Å²) in [4.78, 5) is 2.45. The van der Waals surface area contributed by atoms with Crippen molar-refractivity contribution in [3.8, 4) is 6.19 Å². The second-order valence-corrected chi connectivity index (χ2v) is 3.44. The highest BCUT2D eigenvalue weighted by Crippen LogP contribution is 2.11. The third-order valence-corrected chi connectivity index (χ3v) is 2.49. The van der Waals surface area contributed by atoms with E-state index in [4.69, 9.17) is 5.26 Å². The zero-order valence-corrected chi connectivity index (χ0v) is 7.71.